The van der Waals surface area contributed by atoms with Gasteiger partial charge < -0.3 is 10.6 Å². The summed E-state index contributed by atoms with van der Waals surface area (Å²) in [6.45, 7) is 6.15. The minimum Gasteiger partial charge on any atom is -0.382 e. The van der Waals surface area contributed by atoms with Gasteiger partial charge in [-0.2, -0.15) is 0 Å². The van der Waals surface area contributed by atoms with E-state index in [0.717, 1.165) is 24.5 Å². The molecule has 1 saturated heterocycles. The van der Waals surface area contributed by atoms with Crippen LogP contribution >= 0.6 is 0 Å². The van der Waals surface area contributed by atoms with E-state index in [4.69, 9.17) is 0 Å². The van der Waals surface area contributed by atoms with Gasteiger partial charge in [0, 0.05) is 30.5 Å². The minimum atomic E-state index is 0.00244. The normalized spacial score (nSPS) is 24.8. The van der Waals surface area contributed by atoms with Crippen molar-refractivity contribution in [3.63, 3.8) is 0 Å². The molecule has 1 aliphatic heterocycles. The van der Waals surface area contributed by atoms with E-state index in [-0.39, 0.29) is 6.03 Å². The maximum Gasteiger partial charge on any atom is 0.321 e. The molecular weight excluding hydrogens is 250 g/mol. The van der Waals surface area contributed by atoms with Crippen LogP contribution in [-0.4, -0.2) is 25.2 Å². The van der Waals surface area contributed by atoms with E-state index in [0.29, 0.717) is 11.5 Å². The monoisotopic (exact) mass is 273 g/mol. The SMILES string of the molecule is CC1(C)CCCC1Nc1ccc(N2CCNC2=O)cc1. The van der Waals surface area contributed by atoms with Crippen LogP contribution in [0.4, 0.5) is 16.2 Å². The molecular formula is C16H23N3O. The average molecular weight is 273 g/mol. The predicted octanol–water partition coefficient (Wildman–Crippen LogP) is 3.21. The fourth-order valence-electron chi connectivity index (χ4n) is 3.25. The highest BCUT2D eigenvalue weighted by Crippen LogP contribution is 2.39. The highest BCUT2D eigenvalue weighted by atomic mass is 16.2. The van der Waals surface area contributed by atoms with Crippen molar-refractivity contribution in [3.05, 3.63) is 24.3 Å². The fourth-order valence-corrected chi connectivity index (χ4v) is 3.25. The molecule has 2 aliphatic rings. The predicted molar refractivity (Wildman–Crippen MR) is 82.2 cm³/mol. The van der Waals surface area contributed by atoms with Crippen LogP contribution in [-0.2, 0) is 0 Å². The minimum absolute atomic E-state index is 0.00244. The van der Waals surface area contributed by atoms with E-state index in [1.165, 1.54) is 19.3 Å². The van der Waals surface area contributed by atoms with Gasteiger partial charge in [0.1, 0.15) is 0 Å². The Labute approximate surface area is 120 Å². The van der Waals surface area contributed by atoms with Crippen molar-refractivity contribution < 1.29 is 4.79 Å². The zero-order chi connectivity index (χ0) is 14.2. The third-order valence-corrected chi connectivity index (χ3v) is 4.63. The summed E-state index contributed by atoms with van der Waals surface area (Å²) in [5.74, 6) is 0. The third kappa shape index (κ3) is 2.47. The maximum atomic E-state index is 11.6. The van der Waals surface area contributed by atoms with Crippen LogP contribution in [0.25, 0.3) is 0 Å². The standard InChI is InChI=1S/C16H23N3O/c1-16(2)9-3-4-14(16)18-12-5-7-13(8-6-12)19-11-10-17-15(19)20/h5-8,14,18H,3-4,9-11H2,1-2H3,(H,17,20). The molecule has 2 fully saturated rings. The molecule has 1 aliphatic carbocycles. The summed E-state index contributed by atoms with van der Waals surface area (Å²) in [6.07, 6.45) is 3.83. The number of anilines is 2. The maximum absolute atomic E-state index is 11.6. The first-order valence-electron chi connectivity index (χ1n) is 7.48. The molecule has 2 amide bonds. The lowest BCUT2D eigenvalue weighted by Crippen LogP contribution is -2.31. The van der Waals surface area contributed by atoms with Crippen LogP contribution in [0.1, 0.15) is 33.1 Å². The molecule has 0 radical (unpaired) electrons. The Morgan fingerprint density at radius 3 is 2.60 bits per heavy atom. The molecule has 1 aromatic rings. The van der Waals surface area contributed by atoms with Crippen LogP contribution in [0.5, 0.6) is 0 Å². The van der Waals surface area contributed by atoms with Crippen LogP contribution in [0.15, 0.2) is 24.3 Å². The van der Waals surface area contributed by atoms with Crippen molar-refractivity contribution in [2.75, 3.05) is 23.3 Å². The zero-order valence-corrected chi connectivity index (χ0v) is 12.3. The Morgan fingerprint density at radius 2 is 2.05 bits per heavy atom. The summed E-state index contributed by atoms with van der Waals surface area (Å²) in [6, 6.07) is 8.75. The van der Waals surface area contributed by atoms with Crippen LogP contribution in [0.2, 0.25) is 0 Å². The Balaban J connectivity index is 1.69. The van der Waals surface area contributed by atoms with Crippen LogP contribution in [0.3, 0.4) is 0 Å². The quantitative estimate of drug-likeness (QED) is 0.888. The van der Waals surface area contributed by atoms with Gasteiger partial charge in [-0.1, -0.05) is 20.3 Å². The molecule has 108 valence electrons. The lowest BCUT2D eigenvalue weighted by Gasteiger charge is -2.29. The molecule has 20 heavy (non-hydrogen) atoms. The van der Waals surface area contributed by atoms with E-state index < -0.39 is 0 Å². The molecule has 3 rings (SSSR count). The number of benzene rings is 1. The summed E-state index contributed by atoms with van der Waals surface area (Å²) in [5, 5.41) is 6.46. The Morgan fingerprint density at radius 1 is 1.30 bits per heavy atom. The Bertz CT molecular complexity index is 495. The molecule has 2 N–H and O–H groups in total. The van der Waals surface area contributed by atoms with Crippen LogP contribution < -0.4 is 15.5 Å². The van der Waals surface area contributed by atoms with Gasteiger partial charge in [0.2, 0.25) is 0 Å². The lowest BCUT2D eigenvalue weighted by atomic mass is 9.87. The van der Waals surface area contributed by atoms with Crippen molar-refractivity contribution in [2.24, 2.45) is 5.41 Å². The first-order valence-corrected chi connectivity index (χ1v) is 7.48. The van der Waals surface area contributed by atoms with Gasteiger partial charge in [-0.05, 0) is 42.5 Å². The van der Waals surface area contributed by atoms with Crippen molar-refractivity contribution >= 4 is 17.4 Å². The molecule has 1 aromatic carbocycles. The van der Waals surface area contributed by atoms with E-state index in [9.17, 15) is 4.79 Å². The molecule has 1 unspecified atom stereocenters. The number of hydrogen-bond acceptors (Lipinski definition) is 2. The van der Waals surface area contributed by atoms with Gasteiger partial charge in [0.05, 0.1) is 0 Å². The number of amides is 2. The van der Waals surface area contributed by atoms with Crippen molar-refractivity contribution in [1.82, 2.24) is 5.32 Å². The van der Waals surface area contributed by atoms with E-state index in [2.05, 4.69) is 36.6 Å². The van der Waals surface area contributed by atoms with Gasteiger partial charge in [-0.25, -0.2) is 4.79 Å². The number of nitrogens with zero attached hydrogens (tertiary/aromatic N) is 1. The first-order chi connectivity index (χ1) is 9.56. The fraction of sp³-hybridized carbons (Fsp3) is 0.562. The molecule has 1 atom stereocenters. The third-order valence-electron chi connectivity index (χ3n) is 4.63. The Kier molecular flexibility index (Phi) is 3.32. The second kappa shape index (κ2) is 5.00. The first kappa shape index (κ1) is 13.3. The zero-order valence-electron chi connectivity index (χ0n) is 12.3. The molecule has 0 spiro atoms. The molecule has 0 bridgehead atoms. The molecule has 1 saturated carbocycles. The molecule has 4 nitrogen and oxygen atoms in total. The topological polar surface area (TPSA) is 44.4 Å². The number of rotatable bonds is 3. The largest absolute Gasteiger partial charge is 0.382 e. The van der Waals surface area contributed by atoms with Gasteiger partial charge in [-0.15, -0.1) is 0 Å². The molecule has 0 aromatic heterocycles. The number of urea groups is 1. The van der Waals surface area contributed by atoms with Gasteiger partial charge in [-0.3, -0.25) is 4.90 Å². The number of carbonyl (C=O) groups is 1. The second-order valence-corrected chi connectivity index (χ2v) is 6.51. The van der Waals surface area contributed by atoms with Gasteiger partial charge in [0.15, 0.2) is 0 Å². The molecule has 1 heterocycles. The number of nitrogens with one attached hydrogen (secondary N) is 2. The second-order valence-electron chi connectivity index (χ2n) is 6.51. The number of carbonyl (C=O) groups excluding carboxylic acids is 1. The van der Waals surface area contributed by atoms with Gasteiger partial charge >= 0.3 is 6.03 Å². The average Bonchev–Trinajstić information content (AvgIpc) is 2.97. The summed E-state index contributed by atoms with van der Waals surface area (Å²) in [7, 11) is 0. The van der Waals surface area contributed by atoms with Crippen LogP contribution in [0, 0.1) is 5.41 Å². The smallest absolute Gasteiger partial charge is 0.321 e. The summed E-state index contributed by atoms with van der Waals surface area (Å²) in [5.41, 5.74) is 2.48. The highest BCUT2D eigenvalue weighted by molar-refractivity contribution is 5.94. The van der Waals surface area contributed by atoms with Crippen molar-refractivity contribution in [2.45, 2.75) is 39.2 Å². The summed E-state index contributed by atoms with van der Waals surface area (Å²) >= 11 is 0. The van der Waals surface area contributed by atoms with Crippen molar-refractivity contribution in [3.8, 4) is 0 Å². The summed E-state index contributed by atoms with van der Waals surface area (Å²) < 4.78 is 0. The highest BCUT2D eigenvalue weighted by Gasteiger charge is 2.34. The Hall–Kier alpha value is -1.71. The van der Waals surface area contributed by atoms with E-state index in [1.54, 1.807) is 4.90 Å². The van der Waals surface area contributed by atoms with E-state index >= 15 is 0 Å². The van der Waals surface area contributed by atoms with E-state index in [1.807, 2.05) is 12.1 Å². The molecule has 4 heteroatoms. The lowest BCUT2D eigenvalue weighted by molar-refractivity contribution is 0.252. The van der Waals surface area contributed by atoms with Gasteiger partial charge in [0.25, 0.3) is 0 Å². The summed E-state index contributed by atoms with van der Waals surface area (Å²) in [4.78, 5) is 13.4. The number of hydrogen-bond donors (Lipinski definition) is 2. The van der Waals surface area contributed by atoms with Crippen molar-refractivity contribution in [1.29, 1.82) is 0 Å².